The zero-order valence-corrected chi connectivity index (χ0v) is 13.3. The van der Waals surface area contributed by atoms with E-state index in [1.165, 1.54) is 0 Å². The van der Waals surface area contributed by atoms with Crippen molar-refractivity contribution in [2.75, 3.05) is 0 Å². The van der Waals surface area contributed by atoms with Crippen molar-refractivity contribution < 1.29 is 4.79 Å². The van der Waals surface area contributed by atoms with E-state index in [0.717, 1.165) is 35.4 Å². The minimum absolute atomic E-state index is 0.0494. The summed E-state index contributed by atoms with van der Waals surface area (Å²) >= 11 is 5.98. The highest BCUT2D eigenvalue weighted by molar-refractivity contribution is 6.30. The van der Waals surface area contributed by atoms with Gasteiger partial charge in [0, 0.05) is 22.8 Å². The number of nitrogens with zero attached hydrogens (tertiary/aromatic N) is 2. The Bertz CT molecular complexity index is 866. The van der Waals surface area contributed by atoms with Gasteiger partial charge in [-0.15, -0.1) is 0 Å². The molecule has 1 fully saturated rings. The van der Waals surface area contributed by atoms with Crippen molar-refractivity contribution in [3.8, 4) is 11.3 Å². The molecular weight excluding hydrogens is 310 g/mol. The van der Waals surface area contributed by atoms with Crippen LogP contribution < -0.4 is 5.32 Å². The molecule has 5 heteroatoms. The third-order valence-corrected chi connectivity index (χ3v) is 4.27. The lowest BCUT2D eigenvalue weighted by Gasteiger charge is -2.06. The topological polar surface area (TPSA) is 46.4 Å². The molecule has 0 unspecified atom stereocenters. The highest BCUT2D eigenvalue weighted by Crippen LogP contribution is 2.26. The lowest BCUT2D eigenvalue weighted by Crippen LogP contribution is -2.27. The second-order valence-electron chi connectivity index (χ2n) is 5.86. The first-order valence-corrected chi connectivity index (χ1v) is 8.10. The SMILES string of the molecule is O=C(Cc1c(-c2ccc(Cl)cc2)nc2ccccn12)NC1CC1. The minimum Gasteiger partial charge on any atom is -0.353 e. The number of halogens is 1. The number of fused-ring (bicyclic) bond motifs is 1. The Labute approximate surface area is 139 Å². The number of pyridine rings is 1. The summed E-state index contributed by atoms with van der Waals surface area (Å²) in [6, 6.07) is 13.8. The molecule has 3 aromatic rings. The summed E-state index contributed by atoms with van der Waals surface area (Å²) in [6.07, 6.45) is 4.44. The molecule has 1 saturated carbocycles. The quantitative estimate of drug-likeness (QED) is 0.798. The Morgan fingerprint density at radius 1 is 1.22 bits per heavy atom. The fraction of sp³-hybridized carbons (Fsp3) is 0.222. The number of amides is 1. The lowest BCUT2D eigenvalue weighted by atomic mass is 10.1. The van der Waals surface area contributed by atoms with Crippen molar-refractivity contribution in [2.45, 2.75) is 25.3 Å². The smallest absolute Gasteiger partial charge is 0.226 e. The van der Waals surface area contributed by atoms with E-state index in [1.807, 2.05) is 53.1 Å². The Morgan fingerprint density at radius 2 is 2.00 bits per heavy atom. The van der Waals surface area contributed by atoms with Crippen LogP contribution >= 0.6 is 11.6 Å². The summed E-state index contributed by atoms with van der Waals surface area (Å²) in [5.41, 5.74) is 3.54. The predicted molar refractivity (Wildman–Crippen MR) is 90.5 cm³/mol. The maximum Gasteiger partial charge on any atom is 0.226 e. The van der Waals surface area contributed by atoms with E-state index in [-0.39, 0.29) is 5.91 Å². The molecule has 0 atom stereocenters. The first-order chi connectivity index (χ1) is 11.2. The van der Waals surface area contributed by atoms with Crippen molar-refractivity contribution in [1.82, 2.24) is 14.7 Å². The van der Waals surface area contributed by atoms with Gasteiger partial charge in [0.15, 0.2) is 0 Å². The van der Waals surface area contributed by atoms with E-state index in [0.29, 0.717) is 17.5 Å². The molecule has 116 valence electrons. The van der Waals surface area contributed by atoms with Gasteiger partial charge < -0.3 is 9.72 Å². The number of nitrogens with one attached hydrogen (secondary N) is 1. The maximum absolute atomic E-state index is 12.3. The zero-order valence-electron chi connectivity index (χ0n) is 12.5. The van der Waals surface area contributed by atoms with Gasteiger partial charge in [0.25, 0.3) is 0 Å². The lowest BCUT2D eigenvalue weighted by molar-refractivity contribution is -0.120. The molecule has 0 radical (unpaired) electrons. The fourth-order valence-electron chi connectivity index (χ4n) is 2.71. The molecule has 1 aliphatic rings. The van der Waals surface area contributed by atoms with Gasteiger partial charge in [-0.05, 0) is 37.1 Å². The average molecular weight is 326 g/mol. The minimum atomic E-state index is 0.0494. The maximum atomic E-state index is 12.3. The normalized spacial score (nSPS) is 14.1. The number of hydrogen-bond acceptors (Lipinski definition) is 2. The summed E-state index contributed by atoms with van der Waals surface area (Å²) in [6.45, 7) is 0. The second kappa shape index (κ2) is 5.70. The van der Waals surface area contributed by atoms with Gasteiger partial charge in [0.2, 0.25) is 5.91 Å². The van der Waals surface area contributed by atoms with Crippen molar-refractivity contribution in [3.05, 3.63) is 59.4 Å². The van der Waals surface area contributed by atoms with E-state index < -0.39 is 0 Å². The number of aromatic nitrogens is 2. The molecule has 1 N–H and O–H groups in total. The van der Waals surface area contributed by atoms with Crippen LogP contribution in [0.3, 0.4) is 0 Å². The van der Waals surface area contributed by atoms with Crippen LogP contribution in [0.1, 0.15) is 18.5 Å². The van der Waals surface area contributed by atoms with Gasteiger partial charge in [-0.3, -0.25) is 4.79 Å². The van der Waals surface area contributed by atoms with Crippen LogP contribution in [0.15, 0.2) is 48.7 Å². The molecule has 23 heavy (non-hydrogen) atoms. The van der Waals surface area contributed by atoms with Crippen LogP contribution in [0.4, 0.5) is 0 Å². The molecular formula is C18H16ClN3O. The highest BCUT2D eigenvalue weighted by atomic mass is 35.5. The van der Waals surface area contributed by atoms with Crippen LogP contribution in [0.5, 0.6) is 0 Å². The Kier molecular flexibility index (Phi) is 3.54. The van der Waals surface area contributed by atoms with E-state index >= 15 is 0 Å². The molecule has 4 nitrogen and oxygen atoms in total. The van der Waals surface area contributed by atoms with Crippen LogP contribution in [0.2, 0.25) is 5.02 Å². The van der Waals surface area contributed by atoms with E-state index in [2.05, 4.69) is 5.32 Å². The number of imidazole rings is 1. The van der Waals surface area contributed by atoms with Crippen molar-refractivity contribution in [3.63, 3.8) is 0 Å². The Balaban J connectivity index is 1.77. The number of rotatable bonds is 4. The summed E-state index contributed by atoms with van der Waals surface area (Å²) in [7, 11) is 0. The number of hydrogen-bond donors (Lipinski definition) is 1. The van der Waals surface area contributed by atoms with E-state index in [9.17, 15) is 4.79 Å². The fourth-order valence-corrected chi connectivity index (χ4v) is 2.84. The van der Waals surface area contributed by atoms with E-state index in [4.69, 9.17) is 16.6 Å². The van der Waals surface area contributed by atoms with Gasteiger partial charge in [0.05, 0.1) is 17.8 Å². The van der Waals surface area contributed by atoms with Crippen LogP contribution in [-0.2, 0) is 11.2 Å². The Morgan fingerprint density at radius 3 is 2.74 bits per heavy atom. The highest BCUT2D eigenvalue weighted by Gasteiger charge is 2.24. The van der Waals surface area contributed by atoms with Crippen molar-refractivity contribution in [2.24, 2.45) is 0 Å². The van der Waals surface area contributed by atoms with Crippen LogP contribution in [0.25, 0.3) is 16.9 Å². The molecule has 1 aliphatic carbocycles. The molecule has 0 saturated heterocycles. The van der Waals surface area contributed by atoms with Crippen LogP contribution in [0, 0.1) is 0 Å². The predicted octanol–water partition coefficient (Wildman–Crippen LogP) is 3.48. The first kappa shape index (κ1) is 14.3. The molecule has 0 spiro atoms. The molecule has 2 heterocycles. The largest absolute Gasteiger partial charge is 0.353 e. The summed E-state index contributed by atoms with van der Waals surface area (Å²) in [5.74, 6) is 0.0494. The Hall–Kier alpha value is -2.33. The second-order valence-corrected chi connectivity index (χ2v) is 6.30. The average Bonchev–Trinajstić information content (AvgIpc) is 3.29. The monoisotopic (exact) mass is 325 g/mol. The first-order valence-electron chi connectivity index (χ1n) is 7.72. The molecule has 0 aliphatic heterocycles. The van der Waals surface area contributed by atoms with Crippen molar-refractivity contribution in [1.29, 1.82) is 0 Å². The molecule has 0 bridgehead atoms. The molecule has 4 rings (SSSR count). The van der Waals surface area contributed by atoms with Crippen LogP contribution in [-0.4, -0.2) is 21.3 Å². The molecule has 1 aromatic carbocycles. The van der Waals surface area contributed by atoms with Gasteiger partial charge in [-0.1, -0.05) is 29.8 Å². The molecule has 1 amide bonds. The van der Waals surface area contributed by atoms with E-state index in [1.54, 1.807) is 0 Å². The number of carbonyl (C=O) groups is 1. The number of carbonyl (C=O) groups excluding carboxylic acids is 1. The zero-order chi connectivity index (χ0) is 15.8. The van der Waals surface area contributed by atoms with Crippen molar-refractivity contribution >= 4 is 23.2 Å². The van der Waals surface area contributed by atoms with Gasteiger partial charge >= 0.3 is 0 Å². The van der Waals surface area contributed by atoms with Gasteiger partial charge in [0.1, 0.15) is 5.65 Å². The van der Waals surface area contributed by atoms with Gasteiger partial charge in [-0.2, -0.15) is 0 Å². The summed E-state index contributed by atoms with van der Waals surface area (Å²) in [5, 5.41) is 3.73. The standard InChI is InChI=1S/C18H16ClN3O/c19-13-6-4-12(5-7-13)18-15(11-17(23)20-14-8-9-14)22-10-2-1-3-16(22)21-18/h1-7,10,14H,8-9,11H2,(H,20,23). The number of benzene rings is 1. The molecule has 2 aromatic heterocycles. The summed E-state index contributed by atoms with van der Waals surface area (Å²) in [4.78, 5) is 17.0. The third-order valence-electron chi connectivity index (χ3n) is 4.02. The third kappa shape index (κ3) is 2.94. The summed E-state index contributed by atoms with van der Waals surface area (Å²) < 4.78 is 1.98. The van der Waals surface area contributed by atoms with Gasteiger partial charge in [-0.25, -0.2) is 4.98 Å².